The fraction of sp³-hybridized carbons (Fsp3) is 0.143. The summed E-state index contributed by atoms with van der Waals surface area (Å²) in [7, 11) is 0. The maximum atomic E-state index is 12.9. The van der Waals surface area contributed by atoms with Gasteiger partial charge in [-0.2, -0.15) is 0 Å². The van der Waals surface area contributed by atoms with E-state index in [1.54, 1.807) is 29.2 Å². The molecular formula is C21H17Cl2NO2. The van der Waals surface area contributed by atoms with E-state index in [1.807, 2.05) is 36.4 Å². The van der Waals surface area contributed by atoms with Gasteiger partial charge in [0.05, 0.1) is 0 Å². The molecule has 1 fully saturated rings. The average Bonchev–Trinajstić information content (AvgIpc) is 2.62. The zero-order valence-electron chi connectivity index (χ0n) is 14.2. The molecule has 0 bridgehead atoms. The molecule has 1 heterocycles. The van der Waals surface area contributed by atoms with Gasteiger partial charge in [0.15, 0.2) is 5.78 Å². The number of carbonyl (C=O) groups excluding carboxylic acids is 2. The molecule has 2 aromatic rings. The molecule has 1 aliphatic heterocycles. The summed E-state index contributed by atoms with van der Waals surface area (Å²) in [6.45, 7) is 2.11. The summed E-state index contributed by atoms with van der Waals surface area (Å²) in [4.78, 5) is 26.5. The number of rotatable bonds is 2. The molecule has 1 saturated heterocycles. The Bertz CT molecular complexity index is 829. The lowest BCUT2D eigenvalue weighted by Crippen LogP contribution is -2.40. The van der Waals surface area contributed by atoms with Gasteiger partial charge in [-0.15, -0.1) is 0 Å². The van der Waals surface area contributed by atoms with Crippen molar-refractivity contribution in [2.24, 2.45) is 0 Å². The minimum atomic E-state index is -0.0680. The van der Waals surface area contributed by atoms with Gasteiger partial charge in [-0.3, -0.25) is 9.59 Å². The van der Waals surface area contributed by atoms with Crippen LogP contribution in [0, 0.1) is 0 Å². The molecule has 5 heteroatoms. The van der Waals surface area contributed by atoms with Gasteiger partial charge in [0, 0.05) is 41.2 Å². The Morgan fingerprint density at radius 2 is 1.23 bits per heavy atom. The smallest absolute Gasteiger partial charge is 0.220 e. The van der Waals surface area contributed by atoms with Crippen molar-refractivity contribution in [3.8, 4) is 0 Å². The highest BCUT2D eigenvalue weighted by Crippen LogP contribution is 2.23. The van der Waals surface area contributed by atoms with Crippen molar-refractivity contribution in [1.29, 1.82) is 0 Å². The van der Waals surface area contributed by atoms with E-state index >= 15 is 0 Å². The van der Waals surface area contributed by atoms with Gasteiger partial charge in [-0.1, -0.05) is 47.5 Å². The van der Waals surface area contributed by atoms with E-state index < -0.39 is 0 Å². The lowest BCUT2D eigenvalue weighted by molar-refractivity contribution is -0.129. The van der Waals surface area contributed by atoms with E-state index in [1.165, 1.54) is 6.92 Å². The summed E-state index contributed by atoms with van der Waals surface area (Å²) in [5, 5.41) is 1.27. The number of carbonyl (C=O) groups is 2. The molecule has 0 aromatic heterocycles. The average molecular weight is 386 g/mol. The second kappa shape index (κ2) is 7.90. The molecule has 1 aliphatic rings. The van der Waals surface area contributed by atoms with E-state index in [9.17, 15) is 9.59 Å². The highest BCUT2D eigenvalue weighted by Gasteiger charge is 2.27. The van der Waals surface area contributed by atoms with Crippen LogP contribution < -0.4 is 0 Å². The summed E-state index contributed by atoms with van der Waals surface area (Å²) in [5.74, 6) is -0.117. The summed E-state index contributed by atoms with van der Waals surface area (Å²) in [6, 6.07) is 14.5. The molecule has 1 amide bonds. The van der Waals surface area contributed by atoms with Gasteiger partial charge in [0.1, 0.15) is 0 Å². The number of hydrogen-bond donors (Lipinski definition) is 0. The van der Waals surface area contributed by atoms with Crippen molar-refractivity contribution in [3.05, 3.63) is 80.8 Å². The predicted molar refractivity (Wildman–Crippen MR) is 106 cm³/mol. The molecule has 0 N–H and O–H groups in total. The Kier molecular flexibility index (Phi) is 5.60. The zero-order valence-corrected chi connectivity index (χ0v) is 15.7. The van der Waals surface area contributed by atoms with Crippen molar-refractivity contribution in [1.82, 2.24) is 4.90 Å². The monoisotopic (exact) mass is 385 g/mol. The van der Waals surface area contributed by atoms with Crippen LogP contribution in [0.25, 0.3) is 12.2 Å². The Labute approximate surface area is 162 Å². The molecular weight excluding hydrogens is 369 g/mol. The minimum Gasteiger partial charge on any atom is -0.334 e. The first-order chi connectivity index (χ1) is 12.4. The van der Waals surface area contributed by atoms with Crippen LogP contribution >= 0.6 is 23.2 Å². The van der Waals surface area contributed by atoms with Crippen molar-refractivity contribution >= 4 is 47.0 Å². The standard InChI is InChI=1S/C21H17Cl2NO2/c1-14(25)24-12-17(10-15-2-6-19(22)7-3-15)21(26)18(13-24)11-16-4-8-20(23)9-5-16/h2-11H,12-13H2,1H3/b17-10+,18-11+. The van der Waals surface area contributed by atoms with Gasteiger partial charge in [-0.25, -0.2) is 0 Å². The van der Waals surface area contributed by atoms with E-state index in [2.05, 4.69) is 0 Å². The van der Waals surface area contributed by atoms with Crippen molar-refractivity contribution in [3.63, 3.8) is 0 Å². The third kappa shape index (κ3) is 4.43. The van der Waals surface area contributed by atoms with Crippen LogP contribution in [0.1, 0.15) is 18.1 Å². The van der Waals surface area contributed by atoms with Crippen molar-refractivity contribution < 1.29 is 9.59 Å². The van der Waals surface area contributed by atoms with Crippen LogP contribution in [0.2, 0.25) is 10.0 Å². The normalized spacial score (nSPS) is 17.8. The molecule has 2 aromatic carbocycles. The number of piperidine rings is 1. The molecule has 132 valence electrons. The first kappa shape index (κ1) is 18.4. The number of nitrogens with zero attached hydrogens (tertiary/aromatic N) is 1. The predicted octanol–water partition coefficient (Wildman–Crippen LogP) is 4.89. The fourth-order valence-corrected chi connectivity index (χ4v) is 3.03. The van der Waals surface area contributed by atoms with E-state index in [4.69, 9.17) is 23.2 Å². The van der Waals surface area contributed by atoms with Crippen LogP contribution in [0.5, 0.6) is 0 Å². The molecule has 0 atom stereocenters. The Balaban J connectivity index is 1.97. The second-order valence-corrected chi connectivity index (χ2v) is 7.02. The fourth-order valence-electron chi connectivity index (χ4n) is 2.78. The van der Waals surface area contributed by atoms with E-state index in [0.717, 1.165) is 11.1 Å². The highest BCUT2D eigenvalue weighted by atomic mass is 35.5. The molecule has 0 saturated carbocycles. The molecule has 0 unspecified atom stereocenters. The van der Waals surface area contributed by atoms with Gasteiger partial charge in [-0.05, 0) is 47.5 Å². The van der Waals surface area contributed by atoms with Crippen LogP contribution in [-0.4, -0.2) is 29.7 Å². The summed E-state index contributed by atoms with van der Waals surface area (Å²) >= 11 is 11.8. The zero-order chi connectivity index (χ0) is 18.7. The SMILES string of the molecule is CC(=O)N1C/C(=C\c2ccc(Cl)cc2)C(=O)/C(=C/c2ccc(Cl)cc2)C1. The summed E-state index contributed by atoms with van der Waals surface area (Å²) in [5.41, 5.74) is 2.89. The van der Waals surface area contributed by atoms with E-state index in [-0.39, 0.29) is 11.7 Å². The Morgan fingerprint density at radius 1 is 0.846 bits per heavy atom. The van der Waals surface area contributed by atoms with Gasteiger partial charge in [0.25, 0.3) is 0 Å². The van der Waals surface area contributed by atoms with Crippen LogP contribution in [0.3, 0.4) is 0 Å². The van der Waals surface area contributed by atoms with E-state index in [0.29, 0.717) is 34.3 Å². The molecule has 0 radical (unpaired) electrons. The van der Waals surface area contributed by atoms with Crippen LogP contribution in [0.4, 0.5) is 0 Å². The minimum absolute atomic E-state index is 0.0487. The number of hydrogen-bond acceptors (Lipinski definition) is 2. The maximum Gasteiger partial charge on any atom is 0.220 e. The first-order valence-corrected chi connectivity index (χ1v) is 8.90. The third-order valence-electron chi connectivity index (χ3n) is 4.17. The number of ketones is 1. The van der Waals surface area contributed by atoms with Crippen LogP contribution in [0.15, 0.2) is 59.7 Å². The number of Topliss-reactive ketones (excluding diaryl/α,β-unsaturated/α-hetero) is 1. The maximum absolute atomic E-state index is 12.9. The highest BCUT2D eigenvalue weighted by molar-refractivity contribution is 6.30. The van der Waals surface area contributed by atoms with Gasteiger partial charge in [0.2, 0.25) is 5.91 Å². The summed E-state index contributed by atoms with van der Waals surface area (Å²) in [6.07, 6.45) is 3.62. The molecule has 0 spiro atoms. The van der Waals surface area contributed by atoms with Gasteiger partial charge < -0.3 is 4.90 Å². The lowest BCUT2D eigenvalue weighted by Gasteiger charge is -2.29. The van der Waals surface area contributed by atoms with Crippen LogP contribution in [-0.2, 0) is 9.59 Å². The van der Waals surface area contributed by atoms with Gasteiger partial charge >= 0.3 is 0 Å². The Hall–Kier alpha value is -2.36. The second-order valence-electron chi connectivity index (χ2n) is 6.15. The topological polar surface area (TPSA) is 37.4 Å². The lowest BCUT2D eigenvalue weighted by atomic mass is 9.94. The first-order valence-electron chi connectivity index (χ1n) is 8.15. The number of likely N-dealkylation sites (tertiary alicyclic amines) is 1. The molecule has 26 heavy (non-hydrogen) atoms. The van der Waals surface area contributed by atoms with Crippen molar-refractivity contribution in [2.75, 3.05) is 13.1 Å². The number of benzene rings is 2. The largest absolute Gasteiger partial charge is 0.334 e. The molecule has 3 nitrogen and oxygen atoms in total. The number of halogens is 2. The number of amides is 1. The molecule has 3 rings (SSSR count). The quantitative estimate of drug-likeness (QED) is 0.689. The van der Waals surface area contributed by atoms with Crippen molar-refractivity contribution in [2.45, 2.75) is 6.92 Å². The summed E-state index contributed by atoms with van der Waals surface area (Å²) < 4.78 is 0. The third-order valence-corrected chi connectivity index (χ3v) is 4.68. The Morgan fingerprint density at radius 3 is 1.58 bits per heavy atom. The molecule has 0 aliphatic carbocycles.